The van der Waals surface area contributed by atoms with E-state index in [9.17, 15) is 13.2 Å². The largest absolute Gasteiger partial charge is 0.493 e. The Hall–Kier alpha value is -2.46. The number of carbonyl (C=O) groups is 1. The van der Waals surface area contributed by atoms with Gasteiger partial charge in [-0.05, 0) is 41.5 Å². The average Bonchev–Trinajstić information content (AvgIpc) is 3.21. The van der Waals surface area contributed by atoms with E-state index in [1.54, 1.807) is 12.1 Å². The summed E-state index contributed by atoms with van der Waals surface area (Å²) in [6.07, 6.45) is 1.39. The summed E-state index contributed by atoms with van der Waals surface area (Å²) in [6, 6.07) is 12.3. The highest BCUT2D eigenvalue weighted by Gasteiger charge is 2.19. The number of rotatable bonds is 7. The molecule has 2 aromatic rings. The molecule has 0 spiro atoms. The first-order chi connectivity index (χ1) is 14.9. The number of nitrogens with two attached hydrogens (primary N) is 1. The number of anilines is 1. The molecule has 1 fully saturated rings. The van der Waals surface area contributed by atoms with E-state index in [1.807, 2.05) is 0 Å². The highest BCUT2D eigenvalue weighted by Crippen LogP contribution is 2.26. The van der Waals surface area contributed by atoms with Crippen LogP contribution in [0.4, 0.5) is 5.69 Å². The molecule has 0 aliphatic carbocycles. The van der Waals surface area contributed by atoms with Crippen molar-refractivity contribution in [3.63, 3.8) is 0 Å². The number of sulfonamides is 1. The first-order valence-corrected chi connectivity index (χ1v) is 12.0. The molecule has 2 aromatic carbocycles. The Bertz CT molecular complexity index is 1030. The Labute approximate surface area is 183 Å². The number of amides is 1. The number of benzene rings is 2. The summed E-state index contributed by atoms with van der Waals surface area (Å²) < 4.78 is 28.2. The van der Waals surface area contributed by atoms with Crippen LogP contribution in [0.1, 0.15) is 17.5 Å². The van der Waals surface area contributed by atoms with Crippen molar-refractivity contribution >= 4 is 21.6 Å². The van der Waals surface area contributed by atoms with Crippen molar-refractivity contribution < 1.29 is 17.9 Å². The van der Waals surface area contributed by atoms with Crippen LogP contribution in [0.15, 0.2) is 47.4 Å². The van der Waals surface area contributed by atoms with Crippen LogP contribution in [0.5, 0.6) is 5.75 Å². The fraction of sp³-hybridized carbons (Fsp3) is 0.409. The molecule has 0 radical (unpaired) electrons. The van der Waals surface area contributed by atoms with Crippen LogP contribution in [0.25, 0.3) is 0 Å². The van der Waals surface area contributed by atoms with Gasteiger partial charge in [-0.1, -0.05) is 12.1 Å². The maximum absolute atomic E-state index is 12.2. The predicted molar refractivity (Wildman–Crippen MR) is 118 cm³/mol. The second-order valence-corrected chi connectivity index (χ2v) is 9.59. The minimum absolute atomic E-state index is 0.0246. The van der Waals surface area contributed by atoms with Gasteiger partial charge in [-0.3, -0.25) is 9.69 Å². The third kappa shape index (κ3) is 5.82. The van der Waals surface area contributed by atoms with Gasteiger partial charge >= 0.3 is 0 Å². The number of hydrogen-bond acceptors (Lipinski definition) is 6. The van der Waals surface area contributed by atoms with Crippen molar-refractivity contribution in [3.05, 3.63) is 53.6 Å². The van der Waals surface area contributed by atoms with Crippen molar-refractivity contribution in [2.45, 2.75) is 24.3 Å². The minimum atomic E-state index is -3.73. The fourth-order valence-corrected chi connectivity index (χ4v) is 4.49. The van der Waals surface area contributed by atoms with E-state index in [4.69, 9.17) is 9.88 Å². The number of ether oxygens (including phenoxy) is 1. The van der Waals surface area contributed by atoms with E-state index in [-0.39, 0.29) is 10.8 Å². The van der Waals surface area contributed by atoms with Gasteiger partial charge in [0.05, 0.1) is 11.5 Å². The maximum Gasteiger partial charge on any atom is 0.238 e. The van der Waals surface area contributed by atoms with Gasteiger partial charge in [0.1, 0.15) is 5.75 Å². The second kappa shape index (κ2) is 9.35. The lowest BCUT2D eigenvalue weighted by atomic mass is 10.1. The molecule has 0 atom stereocenters. The van der Waals surface area contributed by atoms with E-state index < -0.39 is 10.0 Å². The number of carbonyl (C=O) groups excluding carboxylic acids is 1. The highest BCUT2D eigenvalue weighted by molar-refractivity contribution is 7.89. The summed E-state index contributed by atoms with van der Waals surface area (Å²) in [5, 5.41) is 7.88. The normalized spacial score (nSPS) is 17.2. The Morgan fingerprint density at radius 2 is 1.74 bits per heavy atom. The van der Waals surface area contributed by atoms with E-state index in [0.717, 1.165) is 51.5 Å². The molecule has 9 heteroatoms. The van der Waals surface area contributed by atoms with Crippen LogP contribution in [0.2, 0.25) is 0 Å². The fourth-order valence-electron chi connectivity index (χ4n) is 3.98. The zero-order valence-electron chi connectivity index (χ0n) is 17.4. The molecule has 8 nitrogen and oxygen atoms in total. The molecule has 4 rings (SSSR count). The first kappa shape index (κ1) is 21.8. The molecular weight excluding hydrogens is 416 g/mol. The van der Waals surface area contributed by atoms with Gasteiger partial charge in [0.25, 0.3) is 0 Å². The highest BCUT2D eigenvalue weighted by atomic mass is 32.2. The number of nitrogens with one attached hydrogen (secondary N) is 1. The maximum atomic E-state index is 12.2. The Morgan fingerprint density at radius 1 is 1.03 bits per heavy atom. The smallest absolute Gasteiger partial charge is 0.238 e. The molecule has 2 heterocycles. The summed E-state index contributed by atoms with van der Waals surface area (Å²) >= 11 is 0. The van der Waals surface area contributed by atoms with Crippen LogP contribution in [-0.2, 0) is 27.8 Å². The van der Waals surface area contributed by atoms with Crippen LogP contribution in [0.3, 0.4) is 0 Å². The SMILES string of the molecule is NS(=O)(=O)c1ccc(NC(=O)CCN2CCN(Cc3ccc4c(c3)CCO4)CC2)cc1. The molecule has 31 heavy (non-hydrogen) atoms. The predicted octanol–water partition coefficient (Wildman–Crippen LogP) is 1.42. The number of nitrogens with zero attached hydrogens (tertiary/aromatic N) is 2. The second-order valence-electron chi connectivity index (χ2n) is 8.03. The van der Waals surface area contributed by atoms with Crippen molar-refractivity contribution in [1.29, 1.82) is 0 Å². The summed E-state index contributed by atoms with van der Waals surface area (Å²) in [6.45, 7) is 6.25. The monoisotopic (exact) mass is 444 g/mol. The molecule has 0 unspecified atom stereocenters. The van der Waals surface area contributed by atoms with Crippen LogP contribution >= 0.6 is 0 Å². The van der Waals surface area contributed by atoms with Crippen LogP contribution < -0.4 is 15.2 Å². The quantitative estimate of drug-likeness (QED) is 0.669. The van der Waals surface area contributed by atoms with E-state index in [1.165, 1.54) is 23.3 Å². The number of fused-ring (bicyclic) bond motifs is 1. The van der Waals surface area contributed by atoms with Gasteiger partial charge in [0.2, 0.25) is 15.9 Å². The zero-order chi connectivity index (χ0) is 21.8. The molecule has 0 bridgehead atoms. The molecule has 0 saturated carbocycles. The summed E-state index contributed by atoms with van der Waals surface area (Å²) in [7, 11) is -3.73. The lowest BCUT2D eigenvalue weighted by Crippen LogP contribution is -2.46. The standard InChI is InChI=1S/C22H28N4O4S/c23-31(28,29)20-4-2-19(3-5-20)24-22(27)7-9-25-10-12-26(13-11-25)16-17-1-6-21-18(15-17)8-14-30-21/h1-6,15H,7-14,16H2,(H,24,27)(H2,23,28,29). The average molecular weight is 445 g/mol. The van der Waals surface area contributed by atoms with Gasteiger partial charge in [0.15, 0.2) is 0 Å². The Morgan fingerprint density at radius 3 is 2.45 bits per heavy atom. The van der Waals surface area contributed by atoms with Crippen LogP contribution in [-0.4, -0.2) is 63.5 Å². The van der Waals surface area contributed by atoms with E-state index in [0.29, 0.717) is 18.7 Å². The van der Waals surface area contributed by atoms with Crippen molar-refractivity contribution in [2.75, 3.05) is 44.6 Å². The van der Waals surface area contributed by atoms with Crippen molar-refractivity contribution in [2.24, 2.45) is 5.14 Å². The third-order valence-corrected chi connectivity index (χ3v) is 6.68. The molecule has 2 aliphatic heterocycles. The molecule has 1 saturated heterocycles. The van der Waals surface area contributed by atoms with Gasteiger partial charge in [-0.25, -0.2) is 13.6 Å². The summed E-state index contributed by atoms with van der Waals surface area (Å²) in [4.78, 5) is 17.0. The molecule has 2 aliphatic rings. The minimum Gasteiger partial charge on any atom is -0.493 e. The molecule has 1 amide bonds. The Balaban J connectivity index is 1.18. The zero-order valence-corrected chi connectivity index (χ0v) is 18.2. The summed E-state index contributed by atoms with van der Waals surface area (Å²) in [5.74, 6) is 0.929. The van der Waals surface area contributed by atoms with Crippen LogP contribution in [0, 0.1) is 0 Å². The van der Waals surface area contributed by atoms with E-state index in [2.05, 4.69) is 33.3 Å². The van der Waals surface area contributed by atoms with Gasteiger partial charge in [-0.15, -0.1) is 0 Å². The molecular formula is C22H28N4O4S. The third-order valence-electron chi connectivity index (χ3n) is 5.75. The molecule has 0 aromatic heterocycles. The first-order valence-electron chi connectivity index (χ1n) is 10.5. The van der Waals surface area contributed by atoms with Gasteiger partial charge in [-0.2, -0.15) is 0 Å². The number of piperazine rings is 1. The lowest BCUT2D eigenvalue weighted by molar-refractivity contribution is -0.116. The lowest BCUT2D eigenvalue weighted by Gasteiger charge is -2.34. The number of hydrogen-bond donors (Lipinski definition) is 2. The topological polar surface area (TPSA) is 105 Å². The summed E-state index contributed by atoms with van der Waals surface area (Å²) in [5.41, 5.74) is 3.19. The van der Waals surface area contributed by atoms with Crippen molar-refractivity contribution in [1.82, 2.24) is 9.80 Å². The van der Waals surface area contributed by atoms with Gasteiger partial charge in [0, 0.05) is 57.8 Å². The van der Waals surface area contributed by atoms with E-state index >= 15 is 0 Å². The molecule has 3 N–H and O–H groups in total. The van der Waals surface area contributed by atoms with Gasteiger partial charge < -0.3 is 15.0 Å². The molecule has 166 valence electrons. The Kier molecular flexibility index (Phi) is 6.57. The number of primary sulfonamides is 1. The van der Waals surface area contributed by atoms with Crippen molar-refractivity contribution in [3.8, 4) is 5.75 Å².